The van der Waals surface area contributed by atoms with Crippen LogP contribution in [0.25, 0.3) is 0 Å². The van der Waals surface area contributed by atoms with Gasteiger partial charge in [0, 0.05) is 12.2 Å². The molecular weight excluding hydrogens is 382 g/mol. The number of piperidine rings is 1. The van der Waals surface area contributed by atoms with Gasteiger partial charge in [0.15, 0.2) is 11.5 Å². The van der Waals surface area contributed by atoms with Crippen LogP contribution in [-0.2, 0) is 9.59 Å². The Morgan fingerprint density at radius 3 is 2.77 bits per heavy atom. The van der Waals surface area contributed by atoms with E-state index in [1.165, 1.54) is 0 Å². The molecule has 2 aliphatic heterocycles. The van der Waals surface area contributed by atoms with Gasteiger partial charge in [0.25, 0.3) is 0 Å². The predicted molar refractivity (Wildman–Crippen MR) is 113 cm³/mol. The molecule has 0 aliphatic carbocycles. The molecule has 0 spiro atoms. The number of fused-ring (bicyclic) bond motifs is 1. The second-order valence-corrected chi connectivity index (χ2v) is 7.83. The molecule has 30 heavy (non-hydrogen) atoms. The Bertz CT molecular complexity index is 903. The lowest BCUT2D eigenvalue weighted by Crippen LogP contribution is -2.45. The van der Waals surface area contributed by atoms with Gasteiger partial charge in [0.1, 0.15) is 0 Å². The minimum absolute atomic E-state index is 0.0139. The number of hydrogen-bond acceptors (Lipinski definition) is 5. The van der Waals surface area contributed by atoms with Crippen LogP contribution in [0, 0.1) is 5.92 Å². The minimum Gasteiger partial charge on any atom is -0.454 e. The third kappa shape index (κ3) is 4.91. The summed E-state index contributed by atoms with van der Waals surface area (Å²) in [6, 6.07) is 15.0. The van der Waals surface area contributed by atoms with Crippen molar-refractivity contribution < 1.29 is 19.1 Å². The molecule has 0 saturated carbocycles. The molecule has 1 saturated heterocycles. The fourth-order valence-electron chi connectivity index (χ4n) is 3.93. The molecule has 2 aliphatic rings. The number of hydrogen-bond donors (Lipinski definition) is 2. The first-order valence-corrected chi connectivity index (χ1v) is 10.4. The van der Waals surface area contributed by atoms with Gasteiger partial charge in [-0.15, -0.1) is 0 Å². The number of carbonyl (C=O) groups excluding carboxylic acids is 2. The second-order valence-electron chi connectivity index (χ2n) is 7.83. The predicted octanol–water partition coefficient (Wildman–Crippen LogP) is 2.94. The largest absolute Gasteiger partial charge is 0.454 e. The van der Waals surface area contributed by atoms with E-state index >= 15 is 0 Å². The zero-order valence-electron chi connectivity index (χ0n) is 17.1. The monoisotopic (exact) mass is 409 g/mol. The van der Waals surface area contributed by atoms with E-state index in [1.54, 1.807) is 0 Å². The summed E-state index contributed by atoms with van der Waals surface area (Å²) in [6.07, 6.45) is 1.74. The van der Waals surface area contributed by atoms with Crippen molar-refractivity contribution in [2.75, 3.05) is 31.7 Å². The fourth-order valence-corrected chi connectivity index (χ4v) is 3.93. The Labute approximate surface area is 176 Å². The summed E-state index contributed by atoms with van der Waals surface area (Å²) in [6.45, 7) is 3.87. The third-order valence-electron chi connectivity index (χ3n) is 5.56. The zero-order chi connectivity index (χ0) is 20.9. The Morgan fingerprint density at radius 2 is 1.93 bits per heavy atom. The zero-order valence-corrected chi connectivity index (χ0v) is 17.1. The fraction of sp³-hybridized carbons (Fsp3) is 0.391. The van der Waals surface area contributed by atoms with Crippen molar-refractivity contribution in [1.29, 1.82) is 0 Å². The van der Waals surface area contributed by atoms with Crippen LogP contribution in [0.3, 0.4) is 0 Å². The molecule has 7 heteroatoms. The quantitative estimate of drug-likeness (QED) is 0.767. The number of nitrogens with one attached hydrogen (secondary N) is 2. The van der Waals surface area contributed by atoms with E-state index in [4.69, 9.17) is 9.47 Å². The van der Waals surface area contributed by atoms with Gasteiger partial charge in [0.05, 0.1) is 18.5 Å². The maximum absolute atomic E-state index is 12.6. The number of benzene rings is 2. The molecule has 4 rings (SSSR count). The van der Waals surface area contributed by atoms with Crippen molar-refractivity contribution in [3.8, 4) is 11.5 Å². The molecular formula is C23H27N3O4. The molecule has 2 aromatic carbocycles. The number of likely N-dealkylation sites (tertiary alicyclic amines) is 1. The number of anilines is 1. The molecule has 2 atom stereocenters. The van der Waals surface area contributed by atoms with E-state index in [-0.39, 0.29) is 37.1 Å². The lowest BCUT2D eigenvalue weighted by Gasteiger charge is -2.31. The molecule has 158 valence electrons. The third-order valence-corrected chi connectivity index (χ3v) is 5.56. The highest BCUT2D eigenvalue weighted by Crippen LogP contribution is 2.34. The summed E-state index contributed by atoms with van der Waals surface area (Å²) in [7, 11) is 0. The van der Waals surface area contributed by atoms with Gasteiger partial charge in [-0.1, -0.05) is 24.3 Å². The Balaban J connectivity index is 1.28. The molecule has 0 radical (unpaired) electrons. The first-order chi connectivity index (χ1) is 14.6. The lowest BCUT2D eigenvalue weighted by atomic mass is 9.97. The molecule has 2 N–H and O–H groups in total. The topological polar surface area (TPSA) is 79.9 Å². The van der Waals surface area contributed by atoms with Gasteiger partial charge in [-0.3, -0.25) is 14.5 Å². The number of amides is 2. The van der Waals surface area contributed by atoms with E-state index in [0.29, 0.717) is 12.3 Å². The second kappa shape index (κ2) is 9.17. The van der Waals surface area contributed by atoms with Gasteiger partial charge >= 0.3 is 0 Å². The number of ether oxygens (including phenoxy) is 2. The first-order valence-electron chi connectivity index (χ1n) is 10.4. The number of nitrogens with zero attached hydrogens (tertiary/aromatic N) is 1. The standard InChI is InChI=1S/C23H27N3O4/c1-16(17-9-10-20-21(12-17)30-15-29-20)24-22(27)14-26-11-5-6-18(13-26)23(28)25-19-7-3-2-4-8-19/h2-4,7-10,12,16,18H,5-6,11,13-15H2,1H3,(H,24,27)(H,25,28)/t16-,18+/m1/s1. The average molecular weight is 409 g/mol. The highest BCUT2D eigenvalue weighted by Gasteiger charge is 2.27. The number of para-hydroxylation sites is 1. The molecule has 1 fully saturated rings. The molecule has 0 bridgehead atoms. The van der Waals surface area contributed by atoms with Crippen molar-refractivity contribution in [2.45, 2.75) is 25.8 Å². The molecule has 0 unspecified atom stereocenters. The van der Waals surface area contributed by atoms with Crippen LogP contribution in [0.2, 0.25) is 0 Å². The van der Waals surface area contributed by atoms with Gasteiger partial charge < -0.3 is 20.1 Å². The highest BCUT2D eigenvalue weighted by molar-refractivity contribution is 5.92. The summed E-state index contributed by atoms with van der Waals surface area (Å²) >= 11 is 0. The SMILES string of the molecule is C[C@@H](NC(=O)CN1CCC[C@H](C(=O)Nc2ccccc2)C1)c1ccc2c(c1)OCO2. The highest BCUT2D eigenvalue weighted by atomic mass is 16.7. The van der Waals surface area contributed by atoms with Crippen LogP contribution in [-0.4, -0.2) is 43.1 Å². The molecule has 7 nitrogen and oxygen atoms in total. The number of carbonyl (C=O) groups is 2. The first kappa shape index (κ1) is 20.2. The van der Waals surface area contributed by atoms with Crippen LogP contribution < -0.4 is 20.1 Å². The van der Waals surface area contributed by atoms with Gasteiger partial charge in [-0.05, 0) is 56.1 Å². The van der Waals surface area contributed by atoms with Crippen molar-refractivity contribution in [1.82, 2.24) is 10.2 Å². The Kier molecular flexibility index (Phi) is 6.18. The van der Waals surface area contributed by atoms with Gasteiger partial charge in [-0.2, -0.15) is 0 Å². The van der Waals surface area contributed by atoms with E-state index in [0.717, 1.165) is 36.4 Å². The van der Waals surface area contributed by atoms with Crippen molar-refractivity contribution >= 4 is 17.5 Å². The summed E-state index contributed by atoms with van der Waals surface area (Å²) in [5.74, 6) is 1.28. The average Bonchev–Trinajstić information content (AvgIpc) is 3.22. The van der Waals surface area contributed by atoms with Crippen LogP contribution in [0.15, 0.2) is 48.5 Å². The molecule has 2 amide bonds. The van der Waals surface area contributed by atoms with Crippen LogP contribution >= 0.6 is 0 Å². The Morgan fingerprint density at radius 1 is 1.13 bits per heavy atom. The van der Waals surface area contributed by atoms with E-state index in [1.807, 2.05) is 55.5 Å². The number of rotatable bonds is 6. The van der Waals surface area contributed by atoms with Crippen molar-refractivity contribution in [2.24, 2.45) is 5.92 Å². The molecule has 2 aromatic rings. The lowest BCUT2D eigenvalue weighted by molar-refractivity contribution is -0.126. The van der Waals surface area contributed by atoms with Crippen LogP contribution in [0.4, 0.5) is 5.69 Å². The van der Waals surface area contributed by atoms with E-state index in [9.17, 15) is 9.59 Å². The minimum atomic E-state index is -0.144. The van der Waals surface area contributed by atoms with Crippen LogP contribution in [0.1, 0.15) is 31.4 Å². The van der Waals surface area contributed by atoms with Gasteiger partial charge in [-0.25, -0.2) is 0 Å². The summed E-state index contributed by atoms with van der Waals surface area (Å²) in [4.78, 5) is 27.2. The normalized spacial score (nSPS) is 19.2. The van der Waals surface area contributed by atoms with Crippen molar-refractivity contribution in [3.63, 3.8) is 0 Å². The maximum Gasteiger partial charge on any atom is 0.234 e. The molecule has 0 aromatic heterocycles. The smallest absolute Gasteiger partial charge is 0.234 e. The van der Waals surface area contributed by atoms with Crippen molar-refractivity contribution in [3.05, 3.63) is 54.1 Å². The maximum atomic E-state index is 12.6. The molecule has 2 heterocycles. The van der Waals surface area contributed by atoms with Crippen LogP contribution in [0.5, 0.6) is 11.5 Å². The Hall–Kier alpha value is -3.06. The summed E-state index contributed by atoms with van der Waals surface area (Å²) in [5, 5.41) is 6.01. The summed E-state index contributed by atoms with van der Waals surface area (Å²) in [5.41, 5.74) is 1.77. The summed E-state index contributed by atoms with van der Waals surface area (Å²) < 4.78 is 10.7. The van der Waals surface area contributed by atoms with E-state index < -0.39 is 0 Å². The van der Waals surface area contributed by atoms with Gasteiger partial charge in [0.2, 0.25) is 18.6 Å². The van der Waals surface area contributed by atoms with E-state index in [2.05, 4.69) is 15.5 Å².